The molecular weight excluding hydrogens is 210 g/mol. The molecule has 2 fully saturated rings. The second kappa shape index (κ2) is 5.27. The fourth-order valence-corrected chi connectivity index (χ4v) is 3.50. The van der Waals surface area contributed by atoms with Crippen molar-refractivity contribution in [1.29, 1.82) is 0 Å². The molecule has 0 bridgehead atoms. The maximum atomic E-state index is 6.36. The van der Waals surface area contributed by atoms with Crippen molar-refractivity contribution < 1.29 is 4.74 Å². The summed E-state index contributed by atoms with van der Waals surface area (Å²) in [4.78, 5) is 2.51. The summed E-state index contributed by atoms with van der Waals surface area (Å²) in [5, 5.41) is 0. The van der Waals surface area contributed by atoms with Gasteiger partial charge in [0.25, 0.3) is 0 Å². The van der Waals surface area contributed by atoms with Gasteiger partial charge in [-0.1, -0.05) is 19.3 Å². The van der Waals surface area contributed by atoms with Crippen molar-refractivity contribution in [2.45, 2.75) is 89.5 Å². The van der Waals surface area contributed by atoms with Crippen LogP contribution in [0, 0.1) is 0 Å². The largest absolute Gasteiger partial charge is 0.375 e. The molecule has 2 heteroatoms. The molecule has 0 spiro atoms. The smallest absolute Gasteiger partial charge is 0.0611 e. The minimum absolute atomic E-state index is 0.289. The summed E-state index contributed by atoms with van der Waals surface area (Å²) >= 11 is 0. The van der Waals surface area contributed by atoms with E-state index in [1.165, 1.54) is 44.9 Å². The lowest BCUT2D eigenvalue weighted by molar-refractivity contribution is -0.0959. The number of ether oxygens (including phenoxy) is 1. The summed E-state index contributed by atoms with van der Waals surface area (Å²) in [6.07, 6.45) is 10.2. The van der Waals surface area contributed by atoms with E-state index in [0.29, 0.717) is 18.2 Å². The topological polar surface area (TPSA) is 12.5 Å². The average Bonchev–Trinajstić information content (AvgIpc) is 2.27. The van der Waals surface area contributed by atoms with Gasteiger partial charge in [0.1, 0.15) is 0 Å². The first kappa shape index (κ1) is 13.4. The van der Waals surface area contributed by atoms with Crippen LogP contribution in [-0.2, 0) is 4.74 Å². The van der Waals surface area contributed by atoms with E-state index in [4.69, 9.17) is 4.74 Å². The van der Waals surface area contributed by atoms with E-state index in [0.717, 1.165) is 0 Å². The van der Waals surface area contributed by atoms with Crippen molar-refractivity contribution in [2.75, 3.05) is 7.05 Å². The summed E-state index contributed by atoms with van der Waals surface area (Å²) in [5.74, 6) is 0. The molecular formula is C15H29NO. The minimum Gasteiger partial charge on any atom is -0.375 e. The lowest BCUT2D eigenvalue weighted by Crippen LogP contribution is -2.54. The highest BCUT2D eigenvalue weighted by Gasteiger charge is 2.37. The van der Waals surface area contributed by atoms with Crippen LogP contribution in [0.25, 0.3) is 0 Å². The Morgan fingerprint density at radius 3 is 2.29 bits per heavy atom. The van der Waals surface area contributed by atoms with Crippen LogP contribution in [0.2, 0.25) is 0 Å². The number of nitrogens with zero attached hydrogens (tertiary/aromatic N) is 1. The number of likely N-dealkylation sites (tertiary alicyclic amines) is 1. The van der Waals surface area contributed by atoms with Crippen LogP contribution in [0.1, 0.15) is 65.7 Å². The molecule has 2 nitrogen and oxygen atoms in total. The summed E-state index contributed by atoms with van der Waals surface area (Å²) < 4.78 is 6.36. The third-order valence-electron chi connectivity index (χ3n) is 4.88. The van der Waals surface area contributed by atoms with Crippen LogP contribution < -0.4 is 0 Å². The lowest BCUT2D eigenvalue weighted by atomic mass is 9.85. The highest BCUT2D eigenvalue weighted by atomic mass is 16.5. The van der Waals surface area contributed by atoms with Gasteiger partial charge in [-0.05, 0) is 53.5 Å². The lowest BCUT2D eigenvalue weighted by Gasteiger charge is -2.48. The van der Waals surface area contributed by atoms with Gasteiger partial charge < -0.3 is 4.74 Å². The molecule has 1 aliphatic carbocycles. The van der Waals surface area contributed by atoms with Crippen LogP contribution in [-0.4, -0.2) is 35.7 Å². The zero-order chi connectivity index (χ0) is 12.5. The van der Waals surface area contributed by atoms with Crippen LogP contribution in [0.5, 0.6) is 0 Å². The van der Waals surface area contributed by atoms with Gasteiger partial charge in [0.05, 0.1) is 12.2 Å². The molecule has 1 aliphatic heterocycles. The molecule has 1 saturated carbocycles. The van der Waals surface area contributed by atoms with Crippen LogP contribution in [0.15, 0.2) is 0 Å². The molecule has 2 aliphatic rings. The number of hydrogen-bond donors (Lipinski definition) is 0. The molecule has 0 aromatic rings. The maximum Gasteiger partial charge on any atom is 0.0611 e. The summed E-state index contributed by atoms with van der Waals surface area (Å²) in [5.41, 5.74) is 0.289. The summed E-state index contributed by atoms with van der Waals surface area (Å²) in [7, 11) is 2.25. The fraction of sp³-hybridized carbons (Fsp3) is 1.00. The molecule has 0 radical (unpaired) electrons. The SMILES string of the molecule is CC1CC(OC2CCCCC2)CC(C)(C)N1C. The van der Waals surface area contributed by atoms with Crippen LogP contribution in [0.3, 0.4) is 0 Å². The Morgan fingerprint density at radius 2 is 1.71 bits per heavy atom. The van der Waals surface area contributed by atoms with Crippen LogP contribution in [0.4, 0.5) is 0 Å². The van der Waals surface area contributed by atoms with Gasteiger partial charge in [-0.15, -0.1) is 0 Å². The van der Waals surface area contributed by atoms with E-state index < -0.39 is 0 Å². The first-order valence-corrected chi connectivity index (χ1v) is 7.37. The monoisotopic (exact) mass is 239 g/mol. The summed E-state index contributed by atoms with van der Waals surface area (Å²) in [6.45, 7) is 7.03. The highest BCUT2D eigenvalue weighted by molar-refractivity contribution is 4.92. The maximum absolute atomic E-state index is 6.36. The average molecular weight is 239 g/mol. The molecule has 0 N–H and O–H groups in total. The Labute approximate surface area is 107 Å². The Bertz CT molecular complexity index is 245. The number of piperidine rings is 1. The molecule has 0 aromatic heterocycles. The first-order chi connectivity index (χ1) is 7.99. The normalized spacial score (nSPS) is 36.0. The van der Waals surface area contributed by atoms with Crippen molar-refractivity contribution in [1.82, 2.24) is 4.90 Å². The third kappa shape index (κ3) is 3.23. The van der Waals surface area contributed by atoms with Crippen molar-refractivity contribution >= 4 is 0 Å². The van der Waals surface area contributed by atoms with E-state index in [2.05, 4.69) is 32.7 Å². The number of hydrogen-bond acceptors (Lipinski definition) is 2. The minimum atomic E-state index is 0.289. The first-order valence-electron chi connectivity index (χ1n) is 7.37. The van der Waals surface area contributed by atoms with Crippen molar-refractivity contribution in [3.63, 3.8) is 0 Å². The third-order valence-corrected chi connectivity index (χ3v) is 4.88. The predicted molar refractivity (Wildman–Crippen MR) is 72.3 cm³/mol. The van der Waals surface area contributed by atoms with Crippen molar-refractivity contribution in [3.05, 3.63) is 0 Å². The zero-order valence-corrected chi connectivity index (χ0v) is 12.0. The van der Waals surface area contributed by atoms with E-state index in [-0.39, 0.29) is 5.54 Å². The molecule has 2 rings (SSSR count). The van der Waals surface area contributed by atoms with Gasteiger partial charge in [0, 0.05) is 11.6 Å². The zero-order valence-electron chi connectivity index (χ0n) is 12.0. The van der Waals surface area contributed by atoms with Gasteiger partial charge in [0.15, 0.2) is 0 Å². The Hall–Kier alpha value is -0.0800. The van der Waals surface area contributed by atoms with Gasteiger partial charge in [-0.25, -0.2) is 0 Å². The molecule has 1 saturated heterocycles. The van der Waals surface area contributed by atoms with Gasteiger partial charge in [-0.3, -0.25) is 4.90 Å². The standard InChI is InChI=1S/C15H29NO/c1-12-10-14(11-15(2,3)16(12)4)17-13-8-6-5-7-9-13/h12-14H,5-11H2,1-4H3. The molecule has 100 valence electrons. The number of rotatable bonds is 2. The molecule has 0 aromatic carbocycles. The van der Waals surface area contributed by atoms with Gasteiger partial charge in [-0.2, -0.15) is 0 Å². The fourth-order valence-electron chi connectivity index (χ4n) is 3.50. The molecule has 2 unspecified atom stereocenters. The van der Waals surface area contributed by atoms with Gasteiger partial charge in [0.2, 0.25) is 0 Å². The highest BCUT2D eigenvalue weighted by Crippen LogP contribution is 2.33. The van der Waals surface area contributed by atoms with Crippen molar-refractivity contribution in [2.24, 2.45) is 0 Å². The van der Waals surface area contributed by atoms with Crippen molar-refractivity contribution in [3.8, 4) is 0 Å². The molecule has 2 atom stereocenters. The molecule has 1 heterocycles. The predicted octanol–water partition coefficient (Wildman–Crippen LogP) is 3.60. The quantitative estimate of drug-likeness (QED) is 0.730. The van der Waals surface area contributed by atoms with E-state index >= 15 is 0 Å². The Kier molecular flexibility index (Phi) is 4.14. The van der Waals surface area contributed by atoms with Crippen LogP contribution >= 0.6 is 0 Å². The Balaban J connectivity index is 1.89. The van der Waals surface area contributed by atoms with Gasteiger partial charge >= 0.3 is 0 Å². The molecule has 0 amide bonds. The van der Waals surface area contributed by atoms with E-state index in [9.17, 15) is 0 Å². The molecule has 17 heavy (non-hydrogen) atoms. The second-order valence-electron chi connectivity index (χ2n) is 6.73. The summed E-state index contributed by atoms with van der Waals surface area (Å²) in [6, 6.07) is 0.646. The Morgan fingerprint density at radius 1 is 1.06 bits per heavy atom. The van der Waals surface area contributed by atoms with E-state index in [1.807, 2.05) is 0 Å². The van der Waals surface area contributed by atoms with E-state index in [1.54, 1.807) is 0 Å². The second-order valence-corrected chi connectivity index (χ2v) is 6.73.